The monoisotopic (exact) mass is 370 g/mol. The fourth-order valence-electron chi connectivity index (χ4n) is 2.95. The highest BCUT2D eigenvalue weighted by Crippen LogP contribution is 2.35. The van der Waals surface area contributed by atoms with Crippen LogP contribution < -0.4 is 19.9 Å². The molecule has 0 fully saturated rings. The standard InChI is InChI=1S/C18H15ClN4O3/c1-25-14-8-11-12(9-15(14)26-2)20-18(21-17(11)19)22-23-13-6-4-3-5-10(13)7-16(23)24/h3-6,8-9H,7H2,1-2H3,(H,20,21,22). The summed E-state index contributed by atoms with van der Waals surface area (Å²) in [6.07, 6.45) is 0.329. The van der Waals surface area contributed by atoms with Crippen molar-refractivity contribution in [2.75, 3.05) is 24.7 Å². The van der Waals surface area contributed by atoms with E-state index < -0.39 is 0 Å². The molecular formula is C18H15ClN4O3. The number of amides is 1. The maximum absolute atomic E-state index is 12.3. The van der Waals surface area contributed by atoms with E-state index in [0.717, 1.165) is 11.3 Å². The lowest BCUT2D eigenvalue weighted by Gasteiger charge is -2.19. The molecule has 2 heterocycles. The van der Waals surface area contributed by atoms with Crippen molar-refractivity contribution in [2.24, 2.45) is 0 Å². The number of rotatable bonds is 4. The lowest BCUT2D eigenvalue weighted by Crippen LogP contribution is -2.33. The Labute approximate surface area is 154 Å². The summed E-state index contributed by atoms with van der Waals surface area (Å²) in [6, 6.07) is 11.0. The first kappa shape index (κ1) is 16.4. The van der Waals surface area contributed by atoms with Crippen LogP contribution in [0.15, 0.2) is 36.4 Å². The maximum Gasteiger partial charge on any atom is 0.250 e. The second kappa shape index (κ2) is 6.34. The molecule has 1 N–H and O–H groups in total. The number of hydrogen-bond acceptors (Lipinski definition) is 6. The summed E-state index contributed by atoms with van der Waals surface area (Å²) < 4.78 is 10.6. The third-order valence-corrected chi connectivity index (χ3v) is 4.48. The van der Waals surface area contributed by atoms with Crippen LogP contribution in [0, 0.1) is 0 Å². The van der Waals surface area contributed by atoms with Crippen LogP contribution in [0.1, 0.15) is 5.56 Å². The third-order valence-electron chi connectivity index (χ3n) is 4.19. The number of halogens is 1. The fourth-order valence-corrected chi connectivity index (χ4v) is 3.18. The number of anilines is 2. The first-order valence-electron chi connectivity index (χ1n) is 7.87. The summed E-state index contributed by atoms with van der Waals surface area (Å²) in [7, 11) is 3.09. The van der Waals surface area contributed by atoms with Crippen LogP contribution >= 0.6 is 11.6 Å². The summed E-state index contributed by atoms with van der Waals surface area (Å²) in [5.74, 6) is 1.20. The lowest BCUT2D eigenvalue weighted by molar-refractivity contribution is -0.117. The van der Waals surface area contributed by atoms with E-state index in [1.807, 2.05) is 24.3 Å². The molecule has 0 spiro atoms. The van der Waals surface area contributed by atoms with Crippen molar-refractivity contribution in [2.45, 2.75) is 6.42 Å². The topological polar surface area (TPSA) is 76.6 Å². The number of carbonyl (C=O) groups is 1. The third kappa shape index (κ3) is 2.66. The zero-order chi connectivity index (χ0) is 18.3. The van der Waals surface area contributed by atoms with Crippen LogP contribution in [-0.2, 0) is 11.2 Å². The van der Waals surface area contributed by atoms with Gasteiger partial charge in [0.25, 0.3) is 0 Å². The Morgan fingerprint density at radius 2 is 1.85 bits per heavy atom. The van der Waals surface area contributed by atoms with Crippen molar-refractivity contribution in [3.8, 4) is 11.5 Å². The van der Waals surface area contributed by atoms with Gasteiger partial charge in [-0.3, -0.25) is 10.2 Å². The smallest absolute Gasteiger partial charge is 0.250 e. The van der Waals surface area contributed by atoms with E-state index in [9.17, 15) is 4.79 Å². The number of carbonyl (C=O) groups excluding carboxylic acids is 1. The van der Waals surface area contributed by atoms with Gasteiger partial charge in [0.1, 0.15) is 5.15 Å². The van der Waals surface area contributed by atoms with Crippen LogP contribution in [0.4, 0.5) is 11.6 Å². The van der Waals surface area contributed by atoms with Gasteiger partial charge < -0.3 is 9.47 Å². The highest BCUT2D eigenvalue weighted by molar-refractivity contribution is 6.34. The quantitative estimate of drug-likeness (QED) is 0.710. The van der Waals surface area contributed by atoms with Gasteiger partial charge in [0.05, 0.1) is 31.8 Å². The van der Waals surface area contributed by atoms with Gasteiger partial charge in [-0.15, -0.1) is 0 Å². The van der Waals surface area contributed by atoms with E-state index in [1.54, 1.807) is 26.4 Å². The van der Waals surface area contributed by atoms with Gasteiger partial charge in [-0.05, 0) is 17.7 Å². The van der Waals surface area contributed by atoms with Crippen molar-refractivity contribution in [3.63, 3.8) is 0 Å². The molecule has 8 heteroatoms. The molecule has 132 valence electrons. The van der Waals surface area contributed by atoms with Gasteiger partial charge in [0, 0.05) is 11.5 Å². The zero-order valence-corrected chi connectivity index (χ0v) is 14.9. The molecule has 1 amide bonds. The van der Waals surface area contributed by atoms with Gasteiger partial charge in [-0.25, -0.2) is 9.99 Å². The SMILES string of the molecule is COc1cc2nc(NN3C(=O)Cc4ccccc43)nc(Cl)c2cc1OC. The number of nitrogens with one attached hydrogen (secondary N) is 1. The van der Waals surface area contributed by atoms with Gasteiger partial charge >= 0.3 is 0 Å². The van der Waals surface area contributed by atoms with Crippen LogP contribution in [0.5, 0.6) is 11.5 Å². The molecule has 0 saturated carbocycles. The number of ether oxygens (including phenoxy) is 2. The van der Waals surface area contributed by atoms with Gasteiger partial charge in [-0.1, -0.05) is 29.8 Å². The van der Waals surface area contributed by atoms with Crippen LogP contribution in [0.25, 0.3) is 10.9 Å². The number of para-hydroxylation sites is 1. The number of benzene rings is 2. The summed E-state index contributed by atoms with van der Waals surface area (Å²) in [5, 5.41) is 2.31. The predicted octanol–water partition coefficient (Wildman–Crippen LogP) is 3.22. The molecule has 7 nitrogen and oxygen atoms in total. The van der Waals surface area contributed by atoms with Crippen molar-refractivity contribution in [1.29, 1.82) is 0 Å². The molecule has 2 aromatic carbocycles. The summed E-state index contributed by atoms with van der Waals surface area (Å²) in [5.41, 5.74) is 5.25. The lowest BCUT2D eigenvalue weighted by atomic mass is 10.2. The number of methoxy groups -OCH3 is 2. The summed E-state index contributed by atoms with van der Waals surface area (Å²) in [4.78, 5) is 21.0. The number of hydrazine groups is 1. The molecule has 1 aliphatic rings. The molecule has 0 radical (unpaired) electrons. The highest BCUT2D eigenvalue weighted by Gasteiger charge is 2.28. The summed E-state index contributed by atoms with van der Waals surface area (Å²) in [6.45, 7) is 0. The van der Waals surface area contributed by atoms with Crippen molar-refractivity contribution < 1.29 is 14.3 Å². The van der Waals surface area contributed by atoms with Crippen molar-refractivity contribution in [3.05, 3.63) is 47.1 Å². The molecule has 0 bridgehead atoms. The predicted molar refractivity (Wildman–Crippen MR) is 98.9 cm³/mol. The van der Waals surface area contributed by atoms with Gasteiger partial charge in [0.15, 0.2) is 11.5 Å². The van der Waals surface area contributed by atoms with E-state index in [1.165, 1.54) is 5.01 Å². The van der Waals surface area contributed by atoms with E-state index in [-0.39, 0.29) is 17.0 Å². The number of nitrogens with zero attached hydrogens (tertiary/aromatic N) is 3. The van der Waals surface area contributed by atoms with Gasteiger partial charge in [-0.2, -0.15) is 4.98 Å². The minimum Gasteiger partial charge on any atom is -0.493 e. The molecule has 0 aliphatic carbocycles. The Morgan fingerprint density at radius 3 is 2.62 bits per heavy atom. The molecular weight excluding hydrogens is 356 g/mol. The largest absolute Gasteiger partial charge is 0.493 e. The molecule has 0 unspecified atom stereocenters. The minimum atomic E-state index is -0.0849. The highest BCUT2D eigenvalue weighted by atomic mass is 35.5. The second-order valence-corrected chi connectivity index (χ2v) is 6.07. The van der Waals surface area contributed by atoms with Gasteiger partial charge in [0.2, 0.25) is 11.9 Å². The molecule has 4 rings (SSSR count). The Morgan fingerprint density at radius 1 is 1.12 bits per heavy atom. The molecule has 3 aromatic rings. The minimum absolute atomic E-state index is 0.0849. The van der Waals surface area contributed by atoms with Crippen molar-refractivity contribution >= 4 is 40.0 Å². The molecule has 1 aliphatic heterocycles. The number of fused-ring (bicyclic) bond motifs is 2. The van der Waals surface area contributed by atoms with E-state index in [0.29, 0.717) is 28.8 Å². The zero-order valence-electron chi connectivity index (χ0n) is 14.1. The molecule has 26 heavy (non-hydrogen) atoms. The number of aromatic nitrogens is 2. The molecule has 1 aromatic heterocycles. The Kier molecular flexibility index (Phi) is 4.00. The average molecular weight is 371 g/mol. The average Bonchev–Trinajstić information content (AvgIpc) is 2.96. The fraction of sp³-hybridized carbons (Fsp3) is 0.167. The van der Waals surface area contributed by atoms with Crippen LogP contribution in [-0.4, -0.2) is 30.1 Å². The summed E-state index contributed by atoms with van der Waals surface area (Å²) >= 11 is 6.32. The molecule has 0 saturated heterocycles. The Balaban J connectivity index is 1.75. The normalized spacial score (nSPS) is 13.0. The van der Waals surface area contributed by atoms with Crippen molar-refractivity contribution in [1.82, 2.24) is 9.97 Å². The van der Waals surface area contributed by atoms with Crippen LogP contribution in [0.3, 0.4) is 0 Å². The van der Waals surface area contributed by atoms with E-state index in [2.05, 4.69) is 15.4 Å². The van der Waals surface area contributed by atoms with E-state index >= 15 is 0 Å². The first-order chi connectivity index (χ1) is 12.6. The Bertz CT molecular complexity index is 1020. The molecule has 0 atom stereocenters. The van der Waals surface area contributed by atoms with E-state index in [4.69, 9.17) is 21.1 Å². The first-order valence-corrected chi connectivity index (χ1v) is 8.25. The maximum atomic E-state index is 12.3. The Hall–Kier alpha value is -3.06. The second-order valence-electron chi connectivity index (χ2n) is 5.71. The number of hydrogen-bond donors (Lipinski definition) is 1. The van der Waals surface area contributed by atoms with Crippen LogP contribution in [0.2, 0.25) is 5.15 Å².